The summed E-state index contributed by atoms with van der Waals surface area (Å²) in [5, 5.41) is 0. The van der Waals surface area contributed by atoms with E-state index in [1.54, 1.807) is 37.8 Å². The molecular formula is C17H16N2O3. The van der Waals surface area contributed by atoms with Crippen LogP contribution >= 0.6 is 0 Å². The molecule has 0 fully saturated rings. The zero-order valence-electron chi connectivity index (χ0n) is 12.4. The molecule has 3 rings (SSSR count). The van der Waals surface area contributed by atoms with Crippen molar-refractivity contribution in [2.75, 3.05) is 7.11 Å². The maximum absolute atomic E-state index is 11.2. The quantitative estimate of drug-likeness (QED) is 0.678. The summed E-state index contributed by atoms with van der Waals surface area (Å²) in [6.07, 6.45) is 4.08. The van der Waals surface area contributed by atoms with Crippen LogP contribution in [0, 0.1) is 0 Å². The van der Waals surface area contributed by atoms with Crippen molar-refractivity contribution in [1.29, 1.82) is 0 Å². The monoisotopic (exact) mass is 296 g/mol. The van der Waals surface area contributed by atoms with E-state index in [0.717, 1.165) is 17.5 Å². The number of hydrogen-bond donors (Lipinski definition) is 0. The smallest absolute Gasteiger partial charge is 0.153 e. The summed E-state index contributed by atoms with van der Waals surface area (Å²) in [4.78, 5) is 15.4. The second-order valence-corrected chi connectivity index (χ2v) is 4.92. The molecule has 0 aliphatic rings. The van der Waals surface area contributed by atoms with E-state index in [1.807, 2.05) is 29.5 Å². The van der Waals surface area contributed by atoms with E-state index in [0.29, 0.717) is 17.1 Å². The Kier molecular flexibility index (Phi) is 3.78. The molecule has 0 aliphatic heterocycles. The fourth-order valence-corrected chi connectivity index (χ4v) is 2.41. The topological polar surface area (TPSA) is 52.8 Å². The van der Waals surface area contributed by atoms with Crippen LogP contribution in [0.4, 0.5) is 0 Å². The van der Waals surface area contributed by atoms with E-state index in [2.05, 4.69) is 4.98 Å². The number of fused-ring (bicyclic) bond motifs is 1. The SMILES string of the molecule is COc1ccc(OC(C)c2cccc3cncn23)c(C=O)c1. The number of carbonyl (C=O) groups excluding carboxylic acids is 1. The zero-order valence-corrected chi connectivity index (χ0v) is 12.4. The summed E-state index contributed by atoms with van der Waals surface area (Å²) in [6, 6.07) is 11.1. The number of methoxy groups -OCH3 is 1. The minimum Gasteiger partial charge on any atom is -0.497 e. The van der Waals surface area contributed by atoms with Crippen LogP contribution < -0.4 is 9.47 Å². The summed E-state index contributed by atoms with van der Waals surface area (Å²) < 4.78 is 13.1. The van der Waals surface area contributed by atoms with Crippen LogP contribution in [-0.2, 0) is 0 Å². The predicted octanol–water partition coefficient (Wildman–Crippen LogP) is 3.30. The van der Waals surface area contributed by atoms with Gasteiger partial charge in [-0.15, -0.1) is 0 Å². The van der Waals surface area contributed by atoms with Gasteiger partial charge in [0.05, 0.1) is 36.4 Å². The first kappa shape index (κ1) is 14.1. The third kappa shape index (κ3) is 2.53. The Balaban J connectivity index is 1.92. The average Bonchev–Trinajstić information content (AvgIpc) is 3.03. The van der Waals surface area contributed by atoms with E-state index in [-0.39, 0.29) is 6.10 Å². The van der Waals surface area contributed by atoms with Gasteiger partial charge in [0.25, 0.3) is 0 Å². The molecular weight excluding hydrogens is 280 g/mol. The molecule has 0 aliphatic carbocycles. The van der Waals surface area contributed by atoms with Gasteiger partial charge in [-0.2, -0.15) is 0 Å². The number of aromatic nitrogens is 2. The van der Waals surface area contributed by atoms with Crippen LogP contribution in [0.5, 0.6) is 11.5 Å². The van der Waals surface area contributed by atoms with Gasteiger partial charge in [-0.3, -0.25) is 9.20 Å². The molecule has 0 saturated heterocycles. The molecule has 2 aromatic heterocycles. The molecule has 0 amide bonds. The summed E-state index contributed by atoms with van der Waals surface area (Å²) in [5.74, 6) is 1.15. The Bertz CT molecular complexity index is 811. The highest BCUT2D eigenvalue weighted by molar-refractivity contribution is 5.80. The first-order valence-corrected chi connectivity index (χ1v) is 6.94. The van der Waals surface area contributed by atoms with Gasteiger partial charge in [-0.25, -0.2) is 4.98 Å². The Labute approximate surface area is 128 Å². The van der Waals surface area contributed by atoms with Gasteiger partial charge in [-0.05, 0) is 37.3 Å². The lowest BCUT2D eigenvalue weighted by atomic mass is 10.2. The number of nitrogens with zero attached hydrogens (tertiary/aromatic N) is 2. The summed E-state index contributed by atoms with van der Waals surface area (Å²) >= 11 is 0. The first-order valence-electron chi connectivity index (χ1n) is 6.94. The summed E-state index contributed by atoms with van der Waals surface area (Å²) in [7, 11) is 1.56. The van der Waals surface area contributed by atoms with Crippen molar-refractivity contribution in [2.45, 2.75) is 13.0 Å². The third-order valence-electron chi connectivity index (χ3n) is 3.54. The Morgan fingerprint density at radius 3 is 2.91 bits per heavy atom. The Morgan fingerprint density at radius 1 is 1.27 bits per heavy atom. The van der Waals surface area contributed by atoms with E-state index >= 15 is 0 Å². The van der Waals surface area contributed by atoms with Crippen molar-refractivity contribution in [2.24, 2.45) is 0 Å². The number of carbonyl (C=O) groups is 1. The first-order chi connectivity index (χ1) is 10.7. The molecule has 1 unspecified atom stereocenters. The zero-order chi connectivity index (χ0) is 15.5. The highest BCUT2D eigenvalue weighted by Crippen LogP contribution is 2.27. The lowest BCUT2D eigenvalue weighted by Crippen LogP contribution is -2.09. The van der Waals surface area contributed by atoms with Crippen LogP contribution in [0.15, 0.2) is 48.9 Å². The highest BCUT2D eigenvalue weighted by atomic mass is 16.5. The predicted molar refractivity (Wildman–Crippen MR) is 82.6 cm³/mol. The lowest BCUT2D eigenvalue weighted by molar-refractivity contribution is 0.111. The van der Waals surface area contributed by atoms with Crippen molar-refractivity contribution in [3.8, 4) is 11.5 Å². The van der Waals surface area contributed by atoms with E-state index in [4.69, 9.17) is 9.47 Å². The minimum absolute atomic E-state index is 0.231. The largest absolute Gasteiger partial charge is 0.497 e. The van der Waals surface area contributed by atoms with Gasteiger partial charge in [0.1, 0.15) is 17.6 Å². The van der Waals surface area contributed by atoms with Crippen molar-refractivity contribution in [1.82, 2.24) is 9.38 Å². The van der Waals surface area contributed by atoms with Crippen LogP contribution in [0.25, 0.3) is 5.52 Å². The van der Waals surface area contributed by atoms with E-state index < -0.39 is 0 Å². The van der Waals surface area contributed by atoms with Gasteiger partial charge in [0, 0.05) is 0 Å². The minimum atomic E-state index is -0.231. The normalized spacial score (nSPS) is 12.1. The number of rotatable bonds is 5. The van der Waals surface area contributed by atoms with Crippen LogP contribution in [0.3, 0.4) is 0 Å². The molecule has 0 bridgehead atoms. The van der Waals surface area contributed by atoms with Crippen LogP contribution in [-0.4, -0.2) is 22.8 Å². The van der Waals surface area contributed by atoms with Crippen LogP contribution in [0.1, 0.15) is 29.1 Å². The molecule has 22 heavy (non-hydrogen) atoms. The third-order valence-corrected chi connectivity index (χ3v) is 3.54. The van der Waals surface area contributed by atoms with Gasteiger partial charge in [0.2, 0.25) is 0 Å². The molecule has 5 nitrogen and oxygen atoms in total. The van der Waals surface area contributed by atoms with Crippen molar-refractivity contribution in [3.63, 3.8) is 0 Å². The average molecular weight is 296 g/mol. The number of hydrogen-bond acceptors (Lipinski definition) is 4. The molecule has 0 spiro atoms. The number of pyridine rings is 1. The molecule has 1 aromatic carbocycles. The fraction of sp³-hybridized carbons (Fsp3) is 0.176. The van der Waals surface area contributed by atoms with E-state index in [1.165, 1.54) is 0 Å². The lowest BCUT2D eigenvalue weighted by Gasteiger charge is -2.18. The molecule has 1 atom stereocenters. The summed E-state index contributed by atoms with van der Waals surface area (Å²) in [5.41, 5.74) is 2.42. The number of imidazole rings is 1. The standard InChI is InChI=1S/C17H16N2O3/c1-12(16-5-3-4-14-9-18-11-19(14)16)22-17-7-6-15(21-2)8-13(17)10-20/h3-12H,1-2H3. The Hall–Kier alpha value is -2.82. The van der Waals surface area contributed by atoms with Crippen molar-refractivity contribution < 1.29 is 14.3 Å². The van der Waals surface area contributed by atoms with Gasteiger partial charge < -0.3 is 9.47 Å². The van der Waals surface area contributed by atoms with E-state index in [9.17, 15) is 4.79 Å². The maximum atomic E-state index is 11.2. The number of benzene rings is 1. The molecule has 0 N–H and O–H groups in total. The van der Waals surface area contributed by atoms with Crippen LogP contribution in [0.2, 0.25) is 0 Å². The fourth-order valence-electron chi connectivity index (χ4n) is 2.41. The Morgan fingerprint density at radius 2 is 2.14 bits per heavy atom. The highest BCUT2D eigenvalue weighted by Gasteiger charge is 2.14. The molecule has 5 heteroatoms. The number of aldehydes is 1. The van der Waals surface area contributed by atoms with Gasteiger partial charge in [-0.1, -0.05) is 6.07 Å². The van der Waals surface area contributed by atoms with Crippen molar-refractivity contribution >= 4 is 11.8 Å². The van der Waals surface area contributed by atoms with Crippen molar-refractivity contribution in [3.05, 3.63) is 60.2 Å². The molecule has 0 saturated carbocycles. The second kappa shape index (κ2) is 5.89. The van der Waals surface area contributed by atoms with Gasteiger partial charge in [0.15, 0.2) is 6.29 Å². The molecule has 2 heterocycles. The van der Waals surface area contributed by atoms with Gasteiger partial charge >= 0.3 is 0 Å². The molecule has 0 radical (unpaired) electrons. The molecule has 3 aromatic rings. The number of ether oxygens (including phenoxy) is 2. The molecule has 112 valence electrons. The summed E-state index contributed by atoms with van der Waals surface area (Å²) in [6.45, 7) is 1.94. The maximum Gasteiger partial charge on any atom is 0.153 e. The second-order valence-electron chi connectivity index (χ2n) is 4.92.